The van der Waals surface area contributed by atoms with E-state index in [2.05, 4.69) is 4.98 Å². The first kappa shape index (κ1) is 18.1. The first-order valence-electron chi connectivity index (χ1n) is 7.51. The van der Waals surface area contributed by atoms with E-state index in [9.17, 15) is 5.21 Å². The zero-order valence-electron chi connectivity index (χ0n) is 14.6. The van der Waals surface area contributed by atoms with Crippen LogP contribution >= 0.6 is 11.8 Å². The minimum atomic E-state index is 0.128. The van der Waals surface area contributed by atoms with E-state index in [1.807, 2.05) is 43.5 Å². The minimum absolute atomic E-state index is 0.128. The largest absolute Gasteiger partial charge is 0.623 e. The van der Waals surface area contributed by atoms with Gasteiger partial charge in [-0.05, 0) is 37.4 Å². The van der Waals surface area contributed by atoms with Crippen molar-refractivity contribution in [1.29, 1.82) is 0 Å². The quantitative estimate of drug-likeness (QED) is 0.263. The van der Waals surface area contributed by atoms with Crippen LogP contribution in [0, 0.1) is 12.1 Å². The fourth-order valence-corrected chi connectivity index (χ4v) is 2.93. The number of nitrogens with zero attached hydrogens (tertiary/aromatic N) is 2. The summed E-state index contributed by atoms with van der Waals surface area (Å²) in [5.74, 6) is 1.26. The van der Waals surface area contributed by atoms with Crippen LogP contribution in [0.15, 0.2) is 35.2 Å². The highest BCUT2D eigenvalue weighted by Crippen LogP contribution is 2.29. The van der Waals surface area contributed by atoms with Crippen molar-refractivity contribution >= 4 is 17.5 Å². The van der Waals surface area contributed by atoms with Crippen LogP contribution in [0.2, 0.25) is 0 Å². The van der Waals surface area contributed by atoms with Crippen LogP contribution < -0.4 is 9.47 Å². The van der Waals surface area contributed by atoms with E-state index in [-0.39, 0.29) is 6.54 Å². The van der Waals surface area contributed by atoms with Crippen LogP contribution in [-0.2, 0) is 6.54 Å². The van der Waals surface area contributed by atoms with Crippen LogP contribution in [-0.4, -0.2) is 35.9 Å². The van der Waals surface area contributed by atoms with Crippen molar-refractivity contribution in [3.63, 3.8) is 0 Å². The first-order valence-corrected chi connectivity index (χ1v) is 8.73. The average molecular weight is 346 g/mol. The molecule has 0 bridgehead atoms. The molecule has 1 heterocycles. The Hall–Kier alpha value is -2.21. The number of aryl methyl sites for hydroxylation is 1. The monoisotopic (exact) mass is 346 g/mol. The molecule has 0 saturated heterocycles. The van der Waals surface area contributed by atoms with Gasteiger partial charge in [-0.2, -0.15) is 0 Å². The van der Waals surface area contributed by atoms with Gasteiger partial charge in [0, 0.05) is 17.5 Å². The summed E-state index contributed by atoms with van der Waals surface area (Å²) < 4.78 is 11.6. The molecule has 128 valence electrons. The molecule has 1 aromatic heterocycles. The van der Waals surface area contributed by atoms with Gasteiger partial charge in [0.15, 0.2) is 6.54 Å². The van der Waals surface area contributed by atoms with Gasteiger partial charge >= 0.3 is 0 Å². The van der Waals surface area contributed by atoms with Gasteiger partial charge < -0.3 is 14.7 Å². The Balaban J connectivity index is 2.43. The Labute approximate surface area is 146 Å². The highest BCUT2D eigenvalue weighted by Gasteiger charge is 2.17. The molecule has 6 heteroatoms. The lowest BCUT2D eigenvalue weighted by Gasteiger charge is -2.14. The summed E-state index contributed by atoms with van der Waals surface area (Å²) in [4.78, 5) is 5.56. The Morgan fingerprint density at radius 1 is 1.21 bits per heavy atom. The number of thioether (sulfide) groups is 1. The normalized spacial score (nSPS) is 11.9. The van der Waals surface area contributed by atoms with Gasteiger partial charge in [0.1, 0.15) is 22.8 Å². The molecule has 0 amide bonds. The molecule has 0 radical (unpaired) electrons. The van der Waals surface area contributed by atoms with Crippen molar-refractivity contribution in [2.45, 2.75) is 25.3 Å². The molecule has 0 atom stereocenters. The number of methoxy groups -OCH3 is 2. The third kappa shape index (κ3) is 4.00. The Morgan fingerprint density at radius 3 is 2.38 bits per heavy atom. The summed E-state index contributed by atoms with van der Waals surface area (Å²) in [5.41, 5.74) is 2.85. The molecule has 0 aliphatic rings. The summed E-state index contributed by atoms with van der Waals surface area (Å²) in [6.07, 6.45) is 2.00. The second-order valence-corrected chi connectivity index (χ2v) is 6.18. The lowest BCUT2D eigenvalue weighted by atomic mass is 10.1. The predicted molar refractivity (Wildman–Crippen MR) is 97.4 cm³/mol. The lowest BCUT2D eigenvalue weighted by molar-refractivity contribution is -0.475. The number of hydrogen-bond donors (Lipinski definition) is 0. The lowest BCUT2D eigenvalue weighted by Crippen LogP contribution is -2.16. The van der Waals surface area contributed by atoms with Crippen LogP contribution in [0.5, 0.6) is 11.5 Å². The molecule has 0 aliphatic carbocycles. The maximum Gasteiger partial charge on any atom is 0.210 e. The summed E-state index contributed by atoms with van der Waals surface area (Å²) in [5, 5.41) is 12.7. The maximum atomic E-state index is 12.7. The molecular formula is C18H22N2O3S. The molecule has 1 aromatic carbocycles. The third-order valence-corrected chi connectivity index (χ3v) is 4.45. The molecule has 0 spiro atoms. The molecule has 0 fully saturated rings. The van der Waals surface area contributed by atoms with Gasteiger partial charge in [-0.25, -0.2) is 9.72 Å². The Kier molecular flexibility index (Phi) is 6.09. The molecule has 0 unspecified atom stereocenters. The molecule has 2 aromatic rings. The highest BCUT2D eigenvalue weighted by atomic mass is 32.2. The van der Waals surface area contributed by atoms with Gasteiger partial charge in [0.25, 0.3) is 0 Å². The second-order valence-electron chi connectivity index (χ2n) is 5.30. The average Bonchev–Trinajstić information content (AvgIpc) is 2.60. The minimum Gasteiger partial charge on any atom is -0.623 e. The number of benzene rings is 1. The van der Waals surface area contributed by atoms with E-state index in [4.69, 9.17) is 9.47 Å². The molecule has 5 nitrogen and oxygen atoms in total. The number of hydrogen-bond acceptors (Lipinski definition) is 5. The van der Waals surface area contributed by atoms with Crippen LogP contribution in [0.4, 0.5) is 0 Å². The zero-order valence-corrected chi connectivity index (χ0v) is 15.4. The summed E-state index contributed by atoms with van der Waals surface area (Å²) in [6.45, 7) is 3.83. The third-order valence-electron chi connectivity index (χ3n) is 3.74. The zero-order chi connectivity index (χ0) is 17.7. The maximum absolute atomic E-state index is 12.7. The van der Waals surface area contributed by atoms with E-state index in [1.54, 1.807) is 32.9 Å². The number of ether oxygens (including phenoxy) is 2. The molecule has 0 saturated carbocycles. The van der Waals surface area contributed by atoms with E-state index < -0.39 is 0 Å². The van der Waals surface area contributed by atoms with Crippen LogP contribution in [0.3, 0.4) is 0 Å². The number of hydroxylamine groups is 1. The van der Waals surface area contributed by atoms with Crippen molar-refractivity contribution in [3.8, 4) is 11.5 Å². The van der Waals surface area contributed by atoms with E-state index in [0.29, 0.717) is 22.9 Å². The van der Waals surface area contributed by atoms with Crippen molar-refractivity contribution < 1.29 is 14.2 Å². The fourth-order valence-electron chi connectivity index (χ4n) is 2.41. The summed E-state index contributed by atoms with van der Waals surface area (Å²) in [7, 11) is 3.16. The topological polar surface area (TPSA) is 57.4 Å². The predicted octanol–water partition coefficient (Wildman–Crippen LogP) is 3.65. The van der Waals surface area contributed by atoms with E-state index in [0.717, 1.165) is 20.9 Å². The smallest absolute Gasteiger partial charge is 0.210 e. The SMILES string of the molecule is COc1cccc(OC)c1C/[N+]([O-])=C(\C)c1cc(SC)cc(C)n1. The van der Waals surface area contributed by atoms with Gasteiger partial charge in [-0.1, -0.05) is 6.07 Å². The van der Waals surface area contributed by atoms with E-state index >= 15 is 0 Å². The molecule has 2 rings (SSSR count). The fraction of sp³-hybridized carbons (Fsp3) is 0.333. The van der Waals surface area contributed by atoms with Crippen LogP contribution in [0.1, 0.15) is 23.9 Å². The summed E-state index contributed by atoms with van der Waals surface area (Å²) in [6, 6.07) is 9.40. The highest BCUT2D eigenvalue weighted by molar-refractivity contribution is 7.98. The molecule has 0 N–H and O–H groups in total. The van der Waals surface area contributed by atoms with E-state index in [1.165, 1.54) is 0 Å². The first-order chi connectivity index (χ1) is 11.5. The van der Waals surface area contributed by atoms with Gasteiger partial charge in [0.2, 0.25) is 5.71 Å². The summed E-state index contributed by atoms with van der Waals surface area (Å²) >= 11 is 1.63. The van der Waals surface area contributed by atoms with Crippen LogP contribution in [0.25, 0.3) is 0 Å². The second kappa shape index (κ2) is 8.06. The van der Waals surface area contributed by atoms with Gasteiger partial charge in [0.05, 0.1) is 14.2 Å². The van der Waals surface area contributed by atoms with Crippen molar-refractivity contribution in [1.82, 2.24) is 4.98 Å². The van der Waals surface area contributed by atoms with Gasteiger partial charge in [-0.3, -0.25) is 0 Å². The molecule has 0 aliphatic heterocycles. The molecule has 24 heavy (non-hydrogen) atoms. The Bertz CT molecular complexity index is 738. The van der Waals surface area contributed by atoms with Crippen molar-refractivity contribution in [2.75, 3.05) is 20.5 Å². The van der Waals surface area contributed by atoms with Gasteiger partial charge in [-0.15, -0.1) is 11.8 Å². The molecular weight excluding hydrogens is 324 g/mol. The Morgan fingerprint density at radius 2 is 1.83 bits per heavy atom. The number of aromatic nitrogens is 1. The number of pyridine rings is 1. The number of rotatable bonds is 6. The standard InChI is InChI=1S/C18H22N2O3S/c1-12-9-14(24-5)10-16(19-12)13(2)20(21)11-15-17(22-3)7-6-8-18(15)23-4/h6-10H,11H2,1-5H3/b20-13-. The van der Waals surface area contributed by atoms with Crippen molar-refractivity contribution in [2.24, 2.45) is 0 Å². The van der Waals surface area contributed by atoms with Crippen molar-refractivity contribution in [3.05, 3.63) is 52.5 Å².